The van der Waals surface area contributed by atoms with Crippen molar-refractivity contribution in [1.82, 2.24) is 15.3 Å². The van der Waals surface area contributed by atoms with Gasteiger partial charge in [-0.15, -0.1) is 0 Å². The quantitative estimate of drug-likeness (QED) is 0.914. The molecule has 19 heavy (non-hydrogen) atoms. The molecule has 4 heteroatoms. The summed E-state index contributed by atoms with van der Waals surface area (Å²) in [6, 6.07) is 8.08. The molecule has 1 heterocycles. The van der Waals surface area contributed by atoms with Crippen LogP contribution in [0.4, 0.5) is 0 Å². The minimum absolute atomic E-state index is 0.670. The van der Waals surface area contributed by atoms with Crippen molar-refractivity contribution in [1.29, 1.82) is 0 Å². The van der Waals surface area contributed by atoms with Crippen LogP contribution in [0.15, 0.2) is 24.3 Å². The summed E-state index contributed by atoms with van der Waals surface area (Å²) in [4.78, 5) is 8.98. The van der Waals surface area contributed by atoms with Crippen LogP contribution in [0.3, 0.4) is 0 Å². The highest BCUT2D eigenvalue weighted by molar-refractivity contribution is 5.62. The minimum atomic E-state index is 0.670. The molecular weight excluding hydrogens is 238 g/mol. The fourth-order valence-corrected chi connectivity index (χ4v) is 2.05. The zero-order chi connectivity index (χ0) is 13.8. The smallest absolute Gasteiger partial charge is 0.143 e. The molecule has 4 nitrogen and oxygen atoms in total. The third-order valence-corrected chi connectivity index (χ3v) is 2.93. The lowest BCUT2D eigenvalue weighted by atomic mass is 10.1. The largest absolute Gasteiger partial charge is 0.496 e. The highest BCUT2D eigenvalue weighted by Crippen LogP contribution is 2.25. The Balaban J connectivity index is 2.43. The Morgan fingerprint density at radius 1 is 1.16 bits per heavy atom. The number of rotatable bonds is 4. The van der Waals surface area contributed by atoms with Crippen molar-refractivity contribution >= 4 is 0 Å². The first-order valence-corrected chi connectivity index (χ1v) is 6.28. The molecule has 100 valence electrons. The SMILES string of the molecule is CNCc1nc(C)cc(-c2ccc(OC)c(C)c2)n1. The van der Waals surface area contributed by atoms with Gasteiger partial charge in [0.05, 0.1) is 19.3 Å². The number of ether oxygens (including phenoxy) is 1. The van der Waals surface area contributed by atoms with Gasteiger partial charge in [0.15, 0.2) is 0 Å². The van der Waals surface area contributed by atoms with Crippen LogP contribution in [0.5, 0.6) is 5.75 Å². The molecule has 0 fully saturated rings. The van der Waals surface area contributed by atoms with E-state index in [-0.39, 0.29) is 0 Å². The van der Waals surface area contributed by atoms with Crippen LogP contribution in [0.1, 0.15) is 17.1 Å². The minimum Gasteiger partial charge on any atom is -0.496 e. The van der Waals surface area contributed by atoms with E-state index in [1.165, 1.54) is 0 Å². The molecule has 0 atom stereocenters. The third kappa shape index (κ3) is 3.09. The van der Waals surface area contributed by atoms with E-state index in [1.54, 1.807) is 7.11 Å². The topological polar surface area (TPSA) is 47.0 Å². The molecular formula is C15H19N3O. The fraction of sp³-hybridized carbons (Fsp3) is 0.333. The van der Waals surface area contributed by atoms with E-state index in [0.717, 1.165) is 34.1 Å². The van der Waals surface area contributed by atoms with Gasteiger partial charge in [0, 0.05) is 11.3 Å². The number of aryl methyl sites for hydroxylation is 2. The summed E-state index contributed by atoms with van der Waals surface area (Å²) < 4.78 is 5.28. The van der Waals surface area contributed by atoms with Gasteiger partial charge in [-0.05, 0) is 50.7 Å². The standard InChI is InChI=1S/C15H19N3O/c1-10-7-12(5-6-14(10)19-4)13-8-11(2)17-15(18-13)9-16-3/h5-8,16H,9H2,1-4H3. The number of aromatic nitrogens is 2. The Hall–Kier alpha value is -1.94. The zero-order valence-electron chi connectivity index (χ0n) is 11.8. The van der Waals surface area contributed by atoms with Gasteiger partial charge in [0.2, 0.25) is 0 Å². The Kier molecular flexibility index (Phi) is 4.12. The summed E-state index contributed by atoms with van der Waals surface area (Å²) in [5.41, 5.74) is 4.11. The van der Waals surface area contributed by atoms with Gasteiger partial charge in [-0.2, -0.15) is 0 Å². The van der Waals surface area contributed by atoms with E-state index < -0.39 is 0 Å². The second kappa shape index (κ2) is 5.80. The van der Waals surface area contributed by atoms with Gasteiger partial charge >= 0.3 is 0 Å². The number of hydrogen-bond donors (Lipinski definition) is 1. The van der Waals surface area contributed by atoms with E-state index in [2.05, 4.69) is 21.4 Å². The summed E-state index contributed by atoms with van der Waals surface area (Å²) >= 11 is 0. The average Bonchev–Trinajstić information content (AvgIpc) is 2.38. The van der Waals surface area contributed by atoms with Gasteiger partial charge in [0.1, 0.15) is 11.6 Å². The first kappa shape index (κ1) is 13.5. The second-order valence-corrected chi connectivity index (χ2v) is 4.53. The Morgan fingerprint density at radius 2 is 1.95 bits per heavy atom. The lowest BCUT2D eigenvalue weighted by Gasteiger charge is -2.09. The molecule has 2 aromatic rings. The van der Waals surface area contributed by atoms with Gasteiger partial charge in [-0.25, -0.2) is 9.97 Å². The maximum absolute atomic E-state index is 5.28. The zero-order valence-corrected chi connectivity index (χ0v) is 11.8. The normalized spacial score (nSPS) is 10.5. The number of nitrogens with zero attached hydrogens (tertiary/aromatic N) is 2. The maximum atomic E-state index is 5.28. The van der Waals surface area contributed by atoms with Crippen molar-refractivity contribution < 1.29 is 4.74 Å². The Morgan fingerprint density at radius 3 is 2.58 bits per heavy atom. The van der Waals surface area contributed by atoms with Gasteiger partial charge in [-0.3, -0.25) is 0 Å². The lowest BCUT2D eigenvalue weighted by Crippen LogP contribution is -2.10. The maximum Gasteiger partial charge on any atom is 0.143 e. The molecule has 1 aromatic heterocycles. The van der Waals surface area contributed by atoms with Crippen LogP contribution >= 0.6 is 0 Å². The molecule has 1 N–H and O–H groups in total. The van der Waals surface area contributed by atoms with Crippen LogP contribution in [-0.4, -0.2) is 24.1 Å². The Labute approximate surface area is 113 Å². The molecule has 0 saturated heterocycles. The molecule has 0 radical (unpaired) electrons. The summed E-state index contributed by atoms with van der Waals surface area (Å²) in [6.07, 6.45) is 0. The summed E-state index contributed by atoms with van der Waals surface area (Å²) in [5.74, 6) is 1.70. The number of nitrogens with one attached hydrogen (secondary N) is 1. The molecule has 0 bridgehead atoms. The van der Waals surface area contributed by atoms with Crippen molar-refractivity contribution in [3.05, 3.63) is 41.3 Å². The highest BCUT2D eigenvalue weighted by atomic mass is 16.5. The first-order chi connectivity index (χ1) is 9.13. The van der Waals surface area contributed by atoms with Crippen LogP contribution in [0.2, 0.25) is 0 Å². The average molecular weight is 257 g/mol. The summed E-state index contributed by atoms with van der Waals surface area (Å²) in [6.45, 7) is 4.69. The molecule has 0 amide bonds. The monoisotopic (exact) mass is 257 g/mol. The first-order valence-electron chi connectivity index (χ1n) is 6.28. The molecule has 0 aliphatic carbocycles. The van der Waals surface area contributed by atoms with Crippen molar-refractivity contribution in [3.8, 4) is 17.0 Å². The molecule has 0 aliphatic heterocycles. The highest BCUT2D eigenvalue weighted by Gasteiger charge is 2.06. The van der Waals surface area contributed by atoms with Crippen molar-refractivity contribution in [2.45, 2.75) is 20.4 Å². The van der Waals surface area contributed by atoms with Crippen molar-refractivity contribution in [2.75, 3.05) is 14.2 Å². The molecule has 0 saturated carbocycles. The Bertz CT molecular complexity index is 582. The van der Waals surface area contributed by atoms with Gasteiger partial charge in [-0.1, -0.05) is 0 Å². The van der Waals surface area contributed by atoms with E-state index in [9.17, 15) is 0 Å². The lowest BCUT2D eigenvalue weighted by molar-refractivity contribution is 0.412. The predicted octanol–water partition coefficient (Wildman–Crippen LogP) is 2.49. The van der Waals surface area contributed by atoms with Crippen LogP contribution < -0.4 is 10.1 Å². The van der Waals surface area contributed by atoms with E-state index in [0.29, 0.717) is 6.54 Å². The molecule has 0 spiro atoms. The number of methoxy groups -OCH3 is 1. The van der Waals surface area contributed by atoms with E-state index >= 15 is 0 Å². The number of benzene rings is 1. The van der Waals surface area contributed by atoms with E-state index in [4.69, 9.17) is 4.74 Å². The van der Waals surface area contributed by atoms with Crippen molar-refractivity contribution in [3.63, 3.8) is 0 Å². The third-order valence-electron chi connectivity index (χ3n) is 2.93. The summed E-state index contributed by atoms with van der Waals surface area (Å²) in [7, 11) is 3.57. The predicted molar refractivity (Wildman–Crippen MR) is 76.3 cm³/mol. The fourth-order valence-electron chi connectivity index (χ4n) is 2.05. The molecule has 2 rings (SSSR count). The van der Waals surface area contributed by atoms with E-state index in [1.807, 2.05) is 39.1 Å². The molecule has 1 aromatic carbocycles. The van der Waals surface area contributed by atoms with Crippen LogP contribution in [0.25, 0.3) is 11.3 Å². The van der Waals surface area contributed by atoms with Gasteiger partial charge in [0.25, 0.3) is 0 Å². The number of hydrogen-bond acceptors (Lipinski definition) is 4. The molecule has 0 unspecified atom stereocenters. The second-order valence-electron chi connectivity index (χ2n) is 4.53. The van der Waals surface area contributed by atoms with Gasteiger partial charge < -0.3 is 10.1 Å². The van der Waals surface area contributed by atoms with Crippen LogP contribution in [-0.2, 0) is 6.54 Å². The summed E-state index contributed by atoms with van der Waals surface area (Å²) in [5, 5.41) is 3.07. The van der Waals surface area contributed by atoms with Crippen molar-refractivity contribution in [2.24, 2.45) is 0 Å². The van der Waals surface area contributed by atoms with Crippen LogP contribution in [0, 0.1) is 13.8 Å². The molecule has 0 aliphatic rings.